The topological polar surface area (TPSA) is 73.8 Å². The molecule has 5 nitrogen and oxygen atoms in total. The van der Waals surface area contributed by atoms with Crippen LogP contribution in [0.1, 0.15) is 46.8 Å². The van der Waals surface area contributed by atoms with Crippen LogP contribution in [0.15, 0.2) is 30.5 Å². The molecule has 20 heavy (non-hydrogen) atoms. The Hall–Kier alpha value is -2.01. The highest BCUT2D eigenvalue weighted by Gasteiger charge is 2.20. The van der Waals surface area contributed by atoms with Crippen molar-refractivity contribution >= 4 is 5.78 Å². The van der Waals surface area contributed by atoms with Crippen LogP contribution in [0.2, 0.25) is 0 Å². The molecule has 0 spiro atoms. The highest BCUT2D eigenvalue weighted by Crippen LogP contribution is 2.36. The summed E-state index contributed by atoms with van der Waals surface area (Å²) in [5.41, 5.74) is 8.20. The zero-order chi connectivity index (χ0) is 13.9. The van der Waals surface area contributed by atoms with Crippen molar-refractivity contribution in [3.63, 3.8) is 0 Å². The van der Waals surface area contributed by atoms with Gasteiger partial charge >= 0.3 is 0 Å². The molecular weight excluding hydrogens is 252 g/mol. The molecule has 0 unspecified atom stereocenters. The first-order valence-corrected chi connectivity index (χ1v) is 6.98. The number of nitrogens with two attached hydrogens (primary N) is 1. The van der Waals surface area contributed by atoms with Crippen molar-refractivity contribution in [3.05, 3.63) is 47.3 Å². The molecule has 104 valence electrons. The van der Waals surface area contributed by atoms with Gasteiger partial charge in [0.1, 0.15) is 6.54 Å². The Morgan fingerprint density at radius 3 is 2.90 bits per heavy atom. The molecule has 1 aliphatic carbocycles. The van der Waals surface area contributed by atoms with E-state index in [1.807, 2.05) is 18.2 Å². The first kappa shape index (κ1) is 13.0. The Labute approximate surface area is 117 Å². The largest absolute Gasteiger partial charge is 0.325 e. The van der Waals surface area contributed by atoms with E-state index in [1.165, 1.54) is 24.8 Å². The average molecular weight is 270 g/mol. The number of ketones is 1. The average Bonchev–Trinajstić information content (AvgIpc) is 2.85. The van der Waals surface area contributed by atoms with Crippen LogP contribution in [0.4, 0.5) is 0 Å². The van der Waals surface area contributed by atoms with Crippen molar-refractivity contribution < 1.29 is 4.79 Å². The van der Waals surface area contributed by atoms with Gasteiger partial charge in [0.25, 0.3) is 0 Å². The fourth-order valence-corrected chi connectivity index (χ4v) is 2.46. The molecular formula is C15H18N4O. The van der Waals surface area contributed by atoms with Gasteiger partial charge in [-0.25, -0.2) is 4.68 Å². The molecule has 1 aliphatic rings. The third-order valence-corrected chi connectivity index (χ3v) is 3.89. The molecule has 0 aliphatic heterocycles. The van der Waals surface area contributed by atoms with E-state index in [0.29, 0.717) is 18.2 Å². The van der Waals surface area contributed by atoms with Crippen LogP contribution in [0, 0.1) is 0 Å². The molecule has 1 aromatic carbocycles. The van der Waals surface area contributed by atoms with E-state index in [4.69, 9.17) is 5.73 Å². The molecule has 0 atom stereocenters. The van der Waals surface area contributed by atoms with Gasteiger partial charge in [0, 0.05) is 12.1 Å². The molecule has 0 saturated heterocycles. The number of rotatable bonds is 5. The molecule has 3 rings (SSSR count). The summed E-state index contributed by atoms with van der Waals surface area (Å²) in [4.78, 5) is 12.3. The van der Waals surface area contributed by atoms with Crippen LogP contribution >= 0.6 is 0 Å². The smallest absolute Gasteiger partial charge is 0.184 e. The lowest BCUT2D eigenvalue weighted by atomic mass is 9.79. The third-order valence-electron chi connectivity index (χ3n) is 3.89. The molecule has 2 N–H and O–H groups in total. The van der Waals surface area contributed by atoms with Crippen molar-refractivity contribution in [2.24, 2.45) is 5.73 Å². The second kappa shape index (κ2) is 5.54. The third kappa shape index (κ3) is 2.63. The van der Waals surface area contributed by atoms with E-state index < -0.39 is 0 Å². The second-order valence-corrected chi connectivity index (χ2v) is 5.29. The molecule has 5 heteroatoms. The predicted molar refractivity (Wildman–Crippen MR) is 75.3 cm³/mol. The Bertz CT molecular complexity index is 616. The first-order chi connectivity index (χ1) is 9.76. The number of carbonyl (C=O) groups excluding carboxylic acids is 1. The van der Waals surface area contributed by atoms with Crippen LogP contribution in [-0.4, -0.2) is 20.8 Å². The molecule has 2 aromatic rings. The normalized spacial score (nSPS) is 15.1. The van der Waals surface area contributed by atoms with Crippen LogP contribution in [-0.2, 0) is 13.1 Å². The number of carbonyl (C=O) groups is 1. The van der Waals surface area contributed by atoms with E-state index in [-0.39, 0.29) is 12.3 Å². The zero-order valence-corrected chi connectivity index (χ0v) is 11.3. The van der Waals surface area contributed by atoms with Gasteiger partial charge in [-0.3, -0.25) is 4.79 Å². The van der Waals surface area contributed by atoms with Crippen molar-refractivity contribution in [1.82, 2.24) is 15.0 Å². The van der Waals surface area contributed by atoms with Crippen molar-refractivity contribution in [2.45, 2.75) is 38.3 Å². The number of nitrogens with zero attached hydrogens (tertiary/aromatic N) is 3. The van der Waals surface area contributed by atoms with Gasteiger partial charge in [0.05, 0.1) is 11.9 Å². The van der Waals surface area contributed by atoms with Crippen molar-refractivity contribution in [2.75, 3.05) is 0 Å². The highest BCUT2D eigenvalue weighted by molar-refractivity contribution is 5.96. The molecule has 1 aromatic heterocycles. The highest BCUT2D eigenvalue weighted by atomic mass is 16.1. The summed E-state index contributed by atoms with van der Waals surface area (Å²) in [7, 11) is 0. The first-order valence-electron chi connectivity index (χ1n) is 6.98. The Morgan fingerprint density at radius 1 is 1.40 bits per heavy atom. The predicted octanol–water partition coefficient (Wildman–Crippen LogP) is 1.89. The zero-order valence-electron chi connectivity index (χ0n) is 11.3. The van der Waals surface area contributed by atoms with Crippen LogP contribution in [0.5, 0.6) is 0 Å². The fourth-order valence-electron chi connectivity index (χ4n) is 2.46. The molecule has 0 radical (unpaired) electrons. The Morgan fingerprint density at radius 2 is 2.25 bits per heavy atom. The molecule has 1 heterocycles. The lowest BCUT2D eigenvalue weighted by molar-refractivity contribution is 0.0967. The maximum atomic E-state index is 12.3. The van der Waals surface area contributed by atoms with Gasteiger partial charge in [0.2, 0.25) is 0 Å². The molecule has 1 saturated carbocycles. The van der Waals surface area contributed by atoms with Gasteiger partial charge in [-0.15, -0.1) is 5.10 Å². The summed E-state index contributed by atoms with van der Waals surface area (Å²) in [6.07, 6.45) is 5.48. The monoisotopic (exact) mass is 270 g/mol. The number of aromatic nitrogens is 3. The molecule has 0 bridgehead atoms. The lowest BCUT2D eigenvalue weighted by Crippen LogP contribution is -2.13. The second-order valence-electron chi connectivity index (χ2n) is 5.29. The van der Waals surface area contributed by atoms with Gasteiger partial charge in [0.15, 0.2) is 5.78 Å². The Balaban J connectivity index is 1.72. The van der Waals surface area contributed by atoms with Crippen LogP contribution in [0.25, 0.3) is 0 Å². The number of benzene rings is 1. The minimum absolute atomic E-state index is 0.0552. The summed E-state index contributed by atoms with van der Waals surface area (Å²) < 4.78 is 1.54. The van der Waals surface area contributed by atoms with Gasteiger partial charge in [-0.1, -0.05) is 29.8 Å². The lowest BCUT2D eigenvalue weighted by Gasteiger charge is -2.26. The van der Waals surface area contributed by atoms with Gasteiger partial charge in [-0.2, -0.15) is 0 Å². The van der Waals surface area contributed by atoms with Crippen LogP contribution in [0.3, 0.4) is 0 Å². The maximum Gasteiger partial charge on any atom is 0.184 e. The minimum Gasteiger partial charge on any atom is -0.325 e. The summed E-state index contributed by atoms with van der Waals surface area (Å²) in [6.45, 7) is 0.548. The van der Waals surface area contributed by atoms with Crippen molar-refractivity contribution in [1.29, 1.82) is 0 Å². The van der Waals surface area contributed by atoms with E-state index in [1.54, 1.807) is 10.9 Å². The summed E-state index contributed by atoms with van der Waals surface area (Å²) in [5.74, 6) is 0.692. The standard InChI is InChI=1S/C15H18N4O/c16-8-14-9-19(18-17-14)10-15(20)13-6-2-5-12(7-13)11-3-1-4-11/h2,5-7,9,11H,1,3-4,8,10,16H2. The molecule has 1 fully saturated rings. The van der Waals surface area contributed by atoms with E-state index in [0.717, 1.165) is 5.56 Å². The SMILES string of the molecule is NCc1cn(CC(=O)c2cccc(C3CCC3)c2)nn1. The Kier molecular flexibility index (Phi) is 3.60. The van der Waals surface area contributed by atoms with Crippen LogP contribution < -0.4 is 5.73 Å². The summed E-state index contributed by atoms with van der Waals surface area (Å²) in [6, 6.07) is 7.97. The van der Waals surface area contributed by atoms with Gasteiger partial charge < -0.3 is 5.73 Å². The minimum atomic E-state index is 0.0552. The summed E-state index contributed by atoms with van der Waals surface area (Å²) in [5, 5.41) is 7.79. The number of hydrogen-bond donors (Lipinski definition) is 1. The van der Waals surface area contributed by atoms with E-state index in [2.05, 4.69) is 16.4 Å². The van der Waals surface area contributed by atoms with E-state index >= 15 is 0 Å². The van der Waals surface area contributed by atoms with E-state index in [9.17, 15) is 4.79 Å². The maximum absolute atomic E-state index is 12.3. The fraction of sp³-hybridized carbons (Fsp3) is 0.400. The van der Waals surface area contributed by atoms with Gasteiger partial charge in [-0.05, 0) is 30.4 Å². The quantitative estimate of drug-likeness (QED) is 0.842. The summed E-state index contributed by atoms with van der Waals surface area (Å²) >= 11 is 0. The van der Waals surface area contributed by atoms with Crippen molar-refractivity contribution in [3.8, 4) is 0 Å². The number of Topliss-reactive ketones (excluding diaryl/α,β-unsaturated/α-hetero) is 1. The number of hydrogen-bond acceptors (Lipinski definition) is 4. The molecule has 0 amide bonds.